The second-order valence-corrected chi connectivity index (χ2v) is 5.56. The summed E-state index contributed by atoms with van der Waals surface area (Å²) in [6.45, 7) is 2.17. The Hall–Kier alpha value is -1.70. The third-order valence-corrected chi connectivity index (χ3v) is 4.32. The molecule has 0 heterocycles. The largest absolute Gasteiger partial charge is 0.289 e. The number of rotatable bonds is 2. The minimum absolute atomic E-state index is 0.0835. The molecule has 0 fully saturated rings. The third-order valence-electron chi connectivity index (χ3n) is 4.32. The van der Waals surface area contributed by atoms with Crippen molar-refractivity contribution in [3.8, 4) is 0 Å². The lowest BCUT2D eigenvalue weighted by Gasteiger charge is -2.29. The highest BCUT2D eigenvalue weighted by atomic mass is 16.1. The maximum Gasteiger partial charge on any atom is 0.190 e. The van der Waals surface area contributed by atoms with E-state index in [0.717, 1.165) is 43.3 Å². The predicted octanol–water partition coefficient (Wildman–Crippen LogP) is 3.96. The normalized spacial score (nSPS) is 22.3. The molecule has 0 bridgehead atoms. The topological polar surface area (TPSA) is 34.1 Å². The Morgan fingerprint density at radius 3 is 2.32 bits per heavy atom. The van der Waals surface area contributed by atoms with Gasteiger partial charge in [-0.1, -0.05) is 44.0 Å². The summed E-state index contributed by atoms with van der Waals surface area (Å²) in [7, 11) is 0. The lowest BCUT2D eigenvalue weighted by Crippen LogP contribution is -2.26. The summed E-state index contributed by atoms with van der Waals surface area (Å²) < 4.78 is 0. The molecule has 2 heteroatoms. The van der Waals surface area contributed by atoms with E-state index in [4.69, 9.17) is 0 Å². The molecule has 2 aliphatic rings. The molecule has 98 valence electrons. The summed E-state index contributed by atoms with van der Waals surface area (Å²) in [6, 6.07) is 7.22. The van der Waals surface area contributed by atoms with Gasteiger partial charge in [-0.25, -0.2) is 0 Å². The number of Topliss-reactive ketones (excluding diaryl/α,β-unsaturated/α-hetero) is 2. The van der Waals surface area contributed by atoms with Crippen molar-refractivity contribution in [2.24, 2.45) is 5.92 Å². The van der Waals surface area contributed by atoms with Gasteiger partial charge in [0.2, 0.25) is 0 Å². The van der Waals surface area contributed by atoms with E-state index < -0.39 is 0 Å². The van der Waals surface area contributed by atoms with Crippen LogP contribution in [0.1, 0.15) is 59.7 Å². The molecule has 1 aromatic carbocycles. The Balaban J connectivity index is 2.01. The van der Waals surface area contributed by atoms with Crippen LogP contribution in [0.15, 0.2) is 35.4 Å². The van der Waals surface area contributed by atoms with Gasteiger partial charge in [0.25, 0.3) is 0 Å². The molecule has 0 saturated carbocycles. The van der Waals surface area contributed by atoms with Gasteiger partial charge in [-0.2, -0.15) is 0 Å². The van der Waals surface area contributed by atoms with Crippen LogP contribution in [0.25, 0.3) is 0 Å². The molecule has 2 aliphatic carbocycles. The van der Waals surface area contributed by atoms with E-state index in [1.54, 1.807) is 12.1 Å². The van der Waals surface area contributed by atoms with Crippen molar-refractivity contribution < 1.29 is 9.59 Å². The molecular formula is C17H18O2. The molecular weight excluding hydrogens is 236 g/mol. The highest BCUT2D eigenvalue weighted by Gasteiger charge is 2.35. The van der Waals surface area contributed by atoms with Crippen molar-refractivity contribution in [1.29, 1.82) is 0 Å². The third kappa shape index (κ3) is 1.95. The first kappa shape index (κ1) is 12.3. The molecule has 0 spiro atoms. The van der Waals surface area contributed by atoms with Crippen LogP contribution >= 0.6 is 0 Å². The van der Waals surface area contributed by atoms with E-state index in [9.17, 15) is 9.59 Å². The zero-order valence-electron chi connectivity index (χ0n) is 11.2. The van der Waals surface area contributed by atoms with E-state index in [2.05, 4.69) is 6.92 Å². The van der Waals surface area contributed by atoms with Gasteiger partial charge in [0.05, 0.1) is 0 Å². The highest BCUT2D eigenvalue weighted by Crippen LogP contribution is 2.38. The summed E-state index contributed by atoms with van der Waals surface area (Å²) in [6.07, 6.45) is 4.92. The summed E-state index contributed by atoms with van der Waals surface area (Å²) in [5.41, 5.74) is 2.79. The van der Waals surface area contributed by atoms with Crippen molar-refractivity contribution >= 4 is 11.6 Å². The number of carbonyl (C=O) groups is 2. The van der Waals surface area contributed by atoms with Crippen molar-refractivity contribution in [2.75, 3.05) is 0 Å². The maximum atomic E-state index is 12.5. The molecule has 1 unspecified atom stereocenters. The molecule has 0 amide bonds. The van der Waals surface area contributed by atoms with Crippen LogP contribution in [-0.2, 0) is 0 Å². The zero-order chi connectivity index (χ0) is 13.4. The van der Waals surface area contributed by atoms with Gasteiger partial charge in [0.15, 0.2) is 11.6 Å². The number of benzene rings is 1. The number of ketones is 2. The lowest BCUT2D eigenvalue weighted by atomic mass is 9.73. The van der Waals surface area contributed by atoms with Crippen molar-refractivity contribution in [2.45, 2.75) is 39.0 Å². The van der Waals surface area contributed by atoms with Crippen LogP contribution in [-0.4, -0.2) is 11.6 Å². The molecule has 19 heavy (non-hydrogen) atoms. The Bertz CT molecular complexity index is 581. The van der Waals surface area contributed by atoms with Gasteiger partial charge in [-0.3, -0.25) is 9.59 Å². The fourth-order valence-corrected chi connectivity index (χ4v) is 3.35. The Morgan fingerprint density at radius 2 is 1.68 bits per heavy atom. The van der Waals surface area contributed by atoms with Crippen LogP contribution in [0, 0.1) is 5.92 Å². The van der Waals surface area contributed by atoms with Crippen molar-refractivity contribution in [3.63, 3.8) is 0 Å². The summed E-state index contributed by atoms with van der Waals surface area (Å²) >= 11 is 0. The minimum atomic E-state index is 0.0835. The highest BCUT2D eigenvalue weighted by molar-refractivity contribution is 6.27. The number of hydrogen-bond donors (Lipinski definition) is 0. The van der Waals surface area contributed by atoms with Gasteiger partial charge in [0.1, 0.15) is 0 Å². The SMILES string of the molecule is CCCC1CCC2=C(C1)C(=O)c1ccccc1C2=O. The smallest absolute Gasteiger partial charge is 0.190 e. The van der Waals surface area contributed by atoms with Gasteiger partial charge < -0.3 is 0 Å². The van der Waals surface area contributed by atoms with Gasteiger partial charge >= 0.3 is 0 Å². The number of allylic oxidation sites excluding steroid dienone is 2. The van der Waals surface area contributed by atoms with Gasteiger partial charge in [0, 0.05) is 22.3 Å². The monoisotopic (exact) mass is 254 g/mol. The van der Waals surface area contributed by atoms with E-state index in [1.807, 2.05) is 12.1 Å². The Labute approximate surface area is 113 Å². The Morgan fingerprint density at radius 1 is 1.05 bits per heavy atom. The van der Waals surface area contributed by atoms with Gasteiger partial charge in [-0.15, -0.1) is 0 Å². The number of fused-ring (bicyclic) bond motifs is 1. The fourth-order valence-electron chi connectivity index (χ4n) is 3.35. The first-order valence-corrected chi connectivity index (χ1v) is 7.12. The molecule has 1 aromatic rings. The zero-order valence-corrected chi connectivity index (χ0v) is 11.2. The molecule has 1 atom stereocenters. The maximum absolute atomic E-state index is 12.5. The second kappa shape index (κ2) is 4.76. The van der Waals surface area contributed by atoms with Gasteiger partial charge in [-0.05, 0) is 25.2 Å². The van der Waals surface area contributed by atoms with Crippen LogP contribution in [0.4, 0.5) is 0 Å². The number of hydrogen-bond acceptors (Lipinski definition) is 2. The fraction of sp³-hybridized carbons (Fsp3) is 0.412. The van der Waals surface area contributed by atoms with Crippen LogP contribution in [0.5, 0.6) is 0 Å². The van der Waals surface area contributed by atoms with E-state index in [1.165, 1.54) is 0 Å². The lowest BCUT2D eigenvalue weighted by molar-refractivity contribution is 0.0958. The number of carbonyl (C=O) groups excluding carboxylic acids is 2. The second-order valence-electron chi connectivity index (χ2n) is 5.56. The van der Waals surface area contributed by atoms with Crippen LogP contribution in [0.2, 0.25) is 0 Å². The summed E-state index contributed by atoms with van der Waals surface area (Å²) in [5.74, 6) is 0.747. The van der Waals surface area contributed by atoms with Crippen molar-refractivity contribution in [1.82, 2.24) is 0 Å². The summed E-state index contributed by atoms with van der Waals surface area (Å²) in [4.78, 5) is 25.0. The van der Waals surface area contributed by atoms with Crippen molar-refractivity contribution in [3.05, 3.63) is 46.5 Å². The van der Waals surface area contributed by atoms with Crippen LogP contribution < -0.4 is 0 Å². The van der Waals surface area contributed by atoms with Crippen LogP contribution in [0.3, 0.4) is 0 Å². The quantitative estimate of drug-likeness (QED) is 0.800. The van der Waals surface area contributed by atoms with E-state index in [-0.39, 0.29) is 11.6 Å². The Kier molecular flexibility index (Phi) is 3.09. The molecule has 0 saturated heterocycles. The van der Waals surface area contributed by atoms with E-state index >= 15 is 0 Å². The first-order chi connectivity index (χ1) is 9.22. The predicted molar refractivity (Wildman–Crippen MR) is 74.4 cm³/mol. The molecule has 0 aromatic heterocycles. The molecule has 2 nitrogen and oxygen atoms in total. The van der Waals surface area contributed by atoms with E-state index in [0.29, 0.717) is 17.0 Å². The molecule has 3 rings (SSSR count). The first-order valence-electron chi connectivity index (χ1n) is 7.12. The standard InChI is InChI=1S/C17H18O2/c1-2-5-11-8-9-14-15(10-11)17(19)13-7-4-3-6-12(13)16(14)18/h3-4,6-7,11H,2,5,8-10H2,1H3. The summed E-state index contributed by atoms with van der Waals surface area (Å²) in [5, 5.41) is 0. The minimum Gasteiger partial charge on any atom is -0.289 e. The molecule has 0 N–H and O–H groups in total. The average Bonchev–Trinajstić information content (AvgIpc) is 2.45. The molecule has 0 aliphatic heterocycles. The average molecular weight is 254 g/mol. The molecule has 0 radical (unpaired) electrons.